The first-order valence-corrected chi connectivity index (χ1v) is 6.90. The van der Waals surface area contributed by atoms with Crippen molar-refractivity contribution in [2.24, 2.45) is 5.10 Å². The Labute approximate surface area is 130 Å². The first-order valence-electron chi connectivity index (χ1n) is 6.90. The summed E-state index contributed by atoms with van der Waals surface area (Å²) in [6.07, 6.45) is 0. The largest absolute Gasteiger partial charge is 0.494 e. The van der Waals surface area contributed by atoms with Crippen LogP contribution in [0.1, 0.15) is 12.5 Å². The first kappa shape index (κ1) is 14.6. The molecule has 3 aromatic rings. The van der Waals surface area contributed by atoms with Gasteiger partial charge in [-0.15, -0.1) is 0 Å². The molecule has 1 heterocycles. The van der Waals surface area contributed by atoms with Crippen molar-refractivity contribution in [3.63, 3.8) is 0 Å². The van der Waals surface area contributed by atoms with E-state index in [4.69, 9.17) is 0 Å². The molecular weight excluding hydrogens is 296 g/mol. The third-order valence-electron chi connectivity index (χ3n) is 3.42. The van der Waals surface area contributed by atoms with E-state index in [9.17, 15) is 14.7 Å². The summed E-state index contributed by atoms with van der Waals surface area (Å²) in [6, 6.07) is 13.5. The van der Waals surface area contributed by atoms with Gasteiger partial charge in [-0.05, 0) is 18.4 Å². The first-order chi connectivity index (χ1) is 11.1. The van der Waals surface area contributed by atoms with Gasteiger partial charge >= 0.3 is 5.69 Å². The number of hydrogen-bond donors (Lipinski definition) is 4. The number of hydrogen-bond acceptors (Lipinski definition) is 5. The molecule has 4 N–H and O–H groups in total. The summed E-state index contributed by atoms with van der Waals surface area (Å²) in [5.41, 5.74) is 2.34. The highest BCUT2D eigenvalue weighted by Gasteiger charge is 2.12. The molecule has 7 nitrogen and oxygen atoms in total. The maximum Gasteiger partial charge on any atom is 0.328 e. The molecule has 0 bridgehead atoms. The Morgan fingerprint density at radius 3 is 2.61 bits per heavy atom. The van der Waals surface area contributed by atoms with Crippen molar-refractivity contribution in [3.8, 4) is 5.88 Å². The summed E-state index contributed by atoms with van der Waals surface area (Å²) in [5, 5.41) is 15.9. The van der Waals surface area contributed by atoms with Crippen LogP contribution in [0.5, 0.6) is 5.88 Å². The van der Waals surface area contributed by atoms with Gasteiger partial charge in [0.05, 0.1) is 11.4 Å². The zero-order valence-electron chi connectivity index (χ0n) is 12.3. The lowest BCUT2D eigenvalue weighted by molar-refractivity contribution is 0.447. The van der Waals surface area contributed by atoms with Crippen LogP contribution in [0.3, 0.4) is 0 Å². The van der Waals surface area contributed by atoms with Crippen LogP contribution in [0.15, 0.2) is 57.2 Å². The molecule has 0 aliphatic rings. The summed E-state index contributed by atoms with van der Waals surface area (Å²) in [5.74, 6) is -0.514. The molecule has 0 unspecified atom stereocenters. The number of aromatic hydroxyl groups is 1. The average molecular weight is 310 g/mol. The normalized spacial score (nSPS) is 11.6. The van der Waals surface area contributed by atoms with Gasteiger partial charge in [-0.25, -0.2) is 4.79 Å². The fourth-order valence-electron chi connectivity index (χ4n) is 2.33. The summed E-state index contributed by atoms with van der Waals surface area (Å²) >= 11 is 0. The highest BCUT2D eigenvalue weighted by atomic mass is 16.3. The molecule has 0 spiro atoms. The fraction of sp³-hybridized carbons (Fsp3) is 0.0625. The quantitative estimate of drug-likeness (QED) is 0.436. The predicted octanol–water partition coefficient (Wildman–Crippen LogP) is 1.76. The molecule has 0 radical (unpaired) electrons. The minimum Gasteiger partial charge on any atom is -0.494 e. The predicted molar refractivity (Wildman–Crippen MR) is 89.1 cm³/mol. The molecule has 0 atom stereocenters. The van der Waals surface area contributed by atoms with Gasteiger partial charge in [0, 0.05) is 5.39 Å². The highest BCUT2D eigenvalue weighted by Crippen LogP contribution is 2.23. The van der Waals surface area contributed by atoms with E-state index in [-0.39, 0.29) is 11.3 Å². The van der Waals surface area contributed by atoms with Crippen molar-refractivity contribution < 1.29 is 5.11 Å². The number of fused-ring (bicyclic) bond motifs is 1. The topological polar surface area (TPSA) is 110 Å². The lowest BCUT2D eigenvalue weighted by Gasteiger charge is -2.07. The van der Waals surface area contributed by atoms with Crippen molar-refractivity contribution in [2.45, 2.75) is 6.92 Å². The average Bonchev–Trinajstić information content (AvgIpc) is 2.52. The second-order valence-electron chi connectivity index (χ2n) is 4.97. The number of aromatic nitrogens is 2. The molecule has 3 rings (SSSR count). The van der Waals surface area contributed by atoms with Gasteiger partial charge in [0.2, 0.25) is 5.88 Å². The zero-order valence-corrected chi connectivity index (χ0v) is 12.3. The van der Waals surface area contributed by atoms with Crippen molar-refractivity contribution >= 4 is 22.2 Å². The lowest BCUT2D eigenvalue weighted by Crippen LogP contribution is -2.27. The molecule has 7 heteroatoms. The molecule has 0 saturated carbocycles. The number of anilines is 1. The van der Waals surface area contributed by atoms with E-state index in [1.807, 2.05) is 42.5 Å². The van der Waals surface area contributed by atoms with Crippen molar-refractivity contribution in [1.82, 2.24) is 9.97 Å². The second kappa shape index (κ2) is 5.80. The smallest absolute Gasteiger partial charge is 0.328 e. The van der Waals surface area contributed by atoms with Crippen LogP contribution in [0, 0.1) is 0 Å². The molecule has 1 aromatic heterocycles. The van der Waals surface area contributed by atoms with Crippen molar-refractivity contribution in [3.05, 3.63) is 68.9 Å². The highest BCUT2D eigenvalue weighted by molar-refractivity contribution is 6.01. The fourth-order valence-corrected chi connectivity index (χ4v) is 2.33. The van der Waals surface area contributed by atoms with E-state index >= 15 is 0 Å². The molecule has 0 aliphatic heterocycles. The van der Waals surface area contributed by atoms with E-state index < -0.39 is 17.1 Å². The number of rotatable bonds is 3. The molecule has 2 aromatic carbocycles. The molecule has 0 fully saturated rings. The van der Waals surface area contributed by atoms with Gasteiger partial charge in [0.25, 0.3) is 5.56 Å². The van der Waals surface area contributed by atoms with E-state index in [0.717, 1.165) is 16.5 Å². The second-order valence-corrected chi connectivity index (χ2v) is 4.97. The monoisotopic (exact) mass is 310 g/mol. The minimum absolute atomic E-state index is 0.0858. The maximum absolute atomic E-state index is 11.8. The molecule has 116 valence electrons. The molecule has 23 heavy (non-hydrogen) atoms. The lowest BCUT2D eigenvalue weighted by atomic mass is 10.1. The zero-order chi connectivity index (χ0) is 16.4. The molecule has 0 amide bonds. The molecule has 0 aliphatic carbocycles. The number of nitrogens with zero attached hydrogens (tertiary/aromatic N) is 1. The Morgan fingerprint density at radius 1 is 1.09 bits per heavy atom. The van der Waals surface area contributed by atoms with E-state index in [2.05, 4.69) is 20.5 Å². The molecule has 0 saturated heterocycles. The molecular formula is C16H14N4O3. The number of aromatic amines is 2. The van der Waals surface area contributed by atoms with Crippen LogP contribution in [0.2, 0.25) is 0 Å². The van der Waals surface area contributed by atoms with Gasteiger partial charge < -0.3 is 5.11 Å². The Balaban J connectivity index is 1.99. The summed E-state index contributed by atoms with van der Waals surface area (Å²) in [7, 11) is 0. The summed E-state index contributed by atoms with van der Waals surface area (Å²) in [6.45, 7) is 1.56. The third-order valence-corrected chi connectivity index (χ3v) is 3.42. The number of H-pyrrole nitrogens is 2. The van der Waals surface area contributed by atoms with Crippen LogP contribution in [0.4, 0.5) is 5.69 Å². The number of nitrogens with one attached hydrogen (secondary N) is 3. The van der Waals surface area contributed by atoms with E-state index in [0.29, 0.717) is 0 Å². The maximum atomic E-state index is 11.8. The van der Waals surface area contributed by atoms with Gasteiger partial charge in [0.15, 0.2) is 0 Å². The van der Waals surface area contributed by atoms with Crippen LogP contribution < -0.4 is 16.7 Å². The summed E-state index contributed by atoms with van der Waals surface area (Å²) < 4.78 is 0. The Hall–Kier alpha value is -3.35. The van der Waals surface area contributed by atoms with Gasteiger partial charge in [-0.1, -0.05) is 36.4 Å². The van der Waals surface area contributed by atoms with E-state index in [1.54, 1.807) is 6.92 Å². The van der Waals surface area contributed by atoms with Crippen molar-refractivity contribution in [1.29, 1.82) is 0 Å². The Morgan fingerprint density at radius 2 is 1.83 bits per heavy atom. The van der Waals surface area contributed by atoms with E-state index in [1.165, 1.54) is 0 Å². The number of hydrazone groups is 1. The number of benzene rings is 2. The van der Waals surface area contributed by atoms with Crippen molar-refractivity contribution in [2.75, 3.05) is 5.43 Å². The Kier molecular flexibility index (Phi) is 3.68. The summed E-state index contributed by atoms with van der Waals surface area (Å²) in [4.78, 5) is 27.0. The SMILES string of the molecule is C/C(=N/Nc1cccc2ccccc12)c1c(O)[nH]c(=O)[nH]c1=O. The van der Waals surface area contributed by atoms with Crippen LogP contribution in [0.25, 0.3) is 10.8 Å². The minimum atomic E-state index is -0.772. The van der Waals surface area contributed by atoms with Gasteiger partial charge in [-0.3, -0.25) is 20.2 Å². The third kappa shape index (κ3) is 2.84. The van der Waals surface area contributed by atoms with Crippen LogP contribution in [-0.2, 0) is 0 Å². The standard InChI is InChI=1S/C16H14N4O3/c1-9(13-14(21)17-16(23)18-15(13)22)19-20-12-8-4-6-10-5-2-3-7-11(10)12/h2-8,20H,1H3,(H3,17,18,21,22,23)/b19-9-. The Bertz CT molecular complexity index is 1010. The van der Waals surface area contributed by atoms with Gasteiger partial charge in [-0.2, -0.15) is 5.10 Å². The van der Waals surface area contributed by atoms with Crippen LogP contribution >= 0.6 is 0 Å². The van der Waals surface area contributed by atoms with Gasteiger partial charge in [0.1, 0.15) is 5.56 Å². The van der Waals surface area contributed by atoms with Crippen LogP contribution in [-0.4, -0.2) is 20.8 Å².